The lowest BCUT2D eigenvalue weighted by Crippen LogP contribution is -2.09. The van der Waals surface area contributed by atoms with Crippen LogP contribution in [0.4, 0.5) is 0 Å². The van der Waals surface area contributed by atoms with E-state index in [0.29, 0.717) is 4.58 Å². The molecule has 1 aromatic rings. The Hall–Kier alpha value is -0.580. The number of rotatable bonds is 7. The third kappa shape index (κ3) is 5.38. The van der Waals surface area contributed by atoms with Gasteiger partial charge in [-0.2, -0.15) is 23.5 Å². The molecule has 1 unspecified atom stereocenters. The summed E-state index contributed by atoms with van der Waals surface area (Å²) in [5, 5.41) is 9.91. The van der Waals surface area contributed by atoms with Gasteiger partial charge in [0.1, 0.15) is 5.75 Å². The fraction of sp³-hybridized carbons (Fsp3) is 0.429. The van der Waals surface area contributed by atoms with Crippen LogP contribution in [0.3, 0.4) is 0 Å². The van der Waals surface area contributed by atoms with Gasteiger partial charge in [-0.25, -0.2) is 0 Å². The van der Waals surface area contributed by atoms with Crippen LogP contribution in [0.1, 0.15) is 12.0 Å². The molecule has 0 aromatic heterocycles. The summed E-state index contributed by atoms with van der Waals surface area (Å²) in [6.07, 6.45) is 8.32. The molecule has 0 bridgehead atoms. The average Bonchev–Trinajstić information content (AvgIpc) is 2.43. The third-order valence-electron chi connectivity index (χ3n) is 2.59. The van der Waals surface area contributed by atoms with Crippen molar-refractivity contribution in [1.29, 1.82) is 0 Å². The number of methoxy groups -OCH3 is 1. The second-order valence-electron chi connectivity index (χ2n) is 3.84. The molecule has 4 heteroatoms. The molecule has 0 aliphatic rings. The first-order valence-corrected chi connectivity index (χ1v) is 8.33. The fourth-order valence-electron chi connectivity index (χ4n) is 1.50. The lowest BCUT2D eigenvalue weighted by molar-refractivity contribution is 0.219. The maximum Gasteiger partial charge on any atom is 0.118 e. The Kier molecular flexibility index (Phi) is 7.32. The molecule has 100 valence electrons. The highest BCUT2D eigenvalue weighted by atomic mass is 32.2. The Balaban J connectivity index is 2.51. The van der Waals surface area contributed by atoms with E-state index in [-0.39, 0.29) is 0 Å². The number of hydrogen-bond donors (Lipinski definition) is 1. The van der Waals surface area contributed by atoms with E-state index in [4.69, 9.17) is 4.74 Å². The molecule has 0 spiro atoms. The zero-order valence-corrected chi connectivity index (χ0v) is 12.6. The highest BCUT2D eigenvalue weighted by Crippen LogP contribution is 2.24. The summed E-state index contributed by atoms with van der Waals surface area (Å²) < 4.78 is 5.54. The van der Waals surface area contributed by atoms with Gasteiger partial charge in [-0.15, -0.1) is 0 Å². The van der Waals surface area contributed by atoms with Crippen molar-refractivity contribution in [3.63, 3.8) is 0 Å². The first kappa shape index (κ1) is 15.5. The average molecular weight is 284 g/mol. The normalized spacial score (nSPS) is 13.2. The molecule has 0 aliphatic heterocycles. The van der Waals surface area contributed by atoms with E-state index in [0.717, 1.165) is 17.7 Å². The van der Waals surface area contributed by atoms with Crippen molar-refractivity contribution in [1.82, 2.24) is 0 Å². The minimum absolute atomic E-state index is 0.392. The van der Waals surface area contributed by atoms with Gasteiger partial charge in [-0.05, 0) is 36.6 Å². The fourth-order valence-corrected chi connectivity index (χ4v) is 3.05. The van der Waals surface area contributed by atoms with Crippen molar-refractivity contribution in [2.24, 2.45) is 0 Å². The van der Waals surface area contributed by atoms with Gasteiger partial charge in [0.25, 0.3) is 0 Å². The monoisotopic (exact) mass is 284 g/mol. The maximum atomic E-state index is 9.91. The molecule has 1 aromatic carbocycles. The Bertz CT molecular complexity index is 359. The summed E-state index contributed by atoms with van der Waals surface area (Å²) in [7, 11) is 1.65. The van der Waals surface area contributed by atoms with Crippen LogP contribution in [0.15, 0.2) is 30.3 Å². The van der Waals surface area contributed by atoms with Crippen LogP contribution in [0, 0.1) is 0 Å². The van der Waals surface area contributed by atoms with Crippen molar-refractivity contribution in [3.8, 4) is 5.75 Å². The van der Waals surface area contributed by atoms with E-state index in [2.05, 4.69) is 12.5 Å². The summed E-state index contributed by atoms with van der Waals surface area (Å²) in [4.78, 5) is 0. The summed E-state index contributed by atoms with van der Waals surface area (Å²) >= 11 is 3.55. The first-order chi connectivity index (χ1) is 8.69. The molecule has 0 saturated heterocycles. The van der Waals surface area contributed by atoms with Crippen molar-refractivity contribution >= 4 is 29.6 Å². The van der Waals surface area contributed by atoms with E-state index in [9.17, 15) is 5.11 Å². The first-order valence-electron chi connectivity index (χ1n) is 5.75. The van der Waals surface area contributed by atoms with E-state index < -0.39 is 6.10 Å². The summed E-state index contributed by atoms with van der Waals surface area (Å²) in [6, 6.07) is 7.78. The molecule has 18 heavy (non-hydrogen) atoms. The lowest BCUT2D eigenvalue weighted by Gasteiger charge is -2.13. The van der Waals surface area contributed by atoms with Gasteiger partial charge in [-0.1, -0.05) is 24.3 Å². The van der Waals surface area contributed by atoms with E-state index >= 15 is 0 Å². The van der Waals surface area contributed by atoms with Crippen molar-refractivity contribution < 1.29 is 9.84 Å². The Morgan fingerprint density at radius 2 is 1.83 bits per heavy atom. The van der Waals surface area contributed by atoms with E-state index in [1.165, 1.54) is 0 Å². The van der Waals surface area contributed by atoms with Crippen LogP contribution in [-0.4, -0.2) is 35.4 Å². The predicted molar refractivity (Wildman–Crippen MR) is 83.5 cm³/mol. The number of benzene rings is 1. The number of thioether (sulfide) groups is 2. The predicted octanol–water partition coefficient (Wildman–Crippen LogP) is 3.51. The summed E-state index contributed by atoms with van der Waals surface area (Å²) in [5.74, 6) is 0.845. The van der Waals surface area contributed by atoms with E-state index in [1.54, 1.807) is 30.6 Å². The van der Waals surface area contributed by atoms with Gasteiger partial charge in [0.15, 0.2) is 0 Å². The Morgan fingerprint density at radius 3 is 2.33 bits per heavy atom. The smallest absolute Gasteiger partial charge is 0.118 e. The van der Waals surface area contributed by atoms with Gasteiger partial charge in [-0.3, -0.25) is 0 Å². The second kappa shape index (κ2) is 8.51. The molecule has 1 rings (SSSR count). The second-order valence-corrected chi connectivity index (χ2v) is 6.22. The Morgan fingerprint density at radius 1 is 1.22 bits per heavy atom. The molecule has 2 nitrogen and oxygen atoms in total. The molecule has 1 atom stereocenters. The molecule has 0 fully saturated rings. The largest absolute Gasteiger partial charge is 0.497 e. The van der Waals surface area contributed by atoms with Crippen LogP contribution in [-0.2, 0) is 0 Å². The molecule has 0 amide bonds. The van der Waals surface area contributed by atoms with Crippen molar-refractivity contribution in [2.45, 2.75) is 17.1 Å². The molecule has 0 saturated carbocycles. The minimum atomic E-state index is -0.392. The molecule has 0 aliphatic carbocycles. The molecule has 1 N–H and O–H groups in total. The standard InChI is InChI=1S/C14H20O2S2/c1-16-13-8-5-11(6-9-13)4-7-12(15)10-14(17-2)18-3/h4-9,12,14-15H,10H2,1-3H3/b7-4+. The minimum Gasteiger partial charge on any atom is -0.497 e. The lowest BCUT2D eigenvalue weighted by atomic mass is 10.1. The molecular formula is C14H20O2S2. The van der Waals surface area contributed by atoms with Crippen molar-refractivity contribution in [3.05, 3.63) is 35.9 Å². The topological polar surface area (TPSA) is 29.5 Å². The highest BCUT2D eigenvalue weighted by molar-refractivity contribution is 8.16. The number of aliphatic hydroxyl groups is 1. The van der Waals surface area contributed by atoms with Crippen LogP contribution in [0.2, 0.25) is 0 Å². The van der Waals surface area contributed by atoms with Gasteiger partial charge in [0, 0.05) is 0 Å². The molecule has 0 radical (unpaired) electrons. The summed E-state index contributed by atoms with van der Waals surface area (Å²) in [5.41, 5.74) is 1.07. The van der Waals surface area contributed by atoms with Crippen molar-refractivity contribution in [2.75, 3.05) is 19.6 Å². The quantitative estimate of drug-likeness (QED) is 0.776. The highest BCUT2D eigenvalue weighted by Gasteiger charge is 2.09. The molecule has 0 heterocycles. The van der Waals surface area contributed by atoms with Gasteiger partial charge < -0.3 is 9.84 Å². The van der Waals surface area contributed by atoms with Gasteiger partial charge >= 0.3 is 0 Å². The SMILES string of the molecule is COc1ccc(/C=C/C(O)CC(SC)SC)cc1. The molecular weight excluding hydrogens is 264 g/mol. The third-order valence-corrected chi connectivity index (χ3v) is 5.18. The van der Waals surface area contributed by atoms with Crippen LogP contribution >= 0.6 is 23.5 Å². The number of ether oxygens (including phenoxy) is 1. The number of aliphatic hydroxyl groups excluding tert-OH is 1. The zero-order valence-electron chi connectivity index (χ0n) is 11.0. The zero-order chi connectivity index (χ0) is 13.4. The van der Waals surface area contributed by atoms with E-state index in [1.807, 2.05) is 36.4 Å². The Labute approximate surface area is 118 Å². The van der Waals surface area contributed by atoms with Gasteiger partial charge in [0.2, 0.25) is 0 Å². The van der Waals surface area contributed by atoms with Gasteiger partial charge in [0.05, 0.1) is 17.8 Å². The maximum absolute atomic E-state index is 9.91. The number of hydrogen-bond acceptors (Lipinski definition) is 4. The van der Waals surface area contributed by atoms with Crippen LogP contribution in [0.25, 0.3) is 6.08 Å². The summed E-state index contributed by atoms with van der Waals surface area (Å²) in [6.45, 7) is 0. The van der Waals surface area contributed by atoms with Crippen LogP contribution < -0.4 is 4.74 Å². The van der Waals surface area contributed by atoms with Crippen LogP contribution in [0.5, 0.6) is 5.75 Å².